The number of sulfone groups is 1. The van der Waals surface area contributed by atoms with Crippen LogP contribution in [0.4, 0.5) is 5.69 Å². The molecule has 2 aromatic carbocycles. The average Bonchev–Trinajstić information content (AvgIpc) is 2.40. The van der Waals surface area contributed by atoms with Crippen LogP contribution in [-0.4, -0.2) is 16.8 Å². The van der Waals surface area contributed by atoms with Gasteiger partial charge in [-0.2, -0.15) is 0 Å². The van der Waals surface area contributed by atoms with Crippen molar-refractivity contribution in [3.05, 3.63) is 47.5 Å². The van der Waals surface area contributed by atoms with E-state index in [9.17, 15) is 16.8 Å². The number of sulfonamides is 1. The molecular formula is C14H16N2O4S2. The fraction of sp³-hybridized carbons (Fsp3) is 0.143. The predicted molar refractivity (Wildman–Crippen MR) is 83.6 cm³/mol. The topological polar surface area (TPSA) is 120 Å². The van der Waals surface area contributed by atoms with E-state index in [1.807, 2.05) is 0 Å². The standard InChI is InChI=1S/C14H16N2O4S2/c1-9-3-5-11(7-13(9)15)21(17,18)14-8-12(22(16,19)20)6-4-10(14)2/h3-8H,15H2,1-2H3,(H2,16,19,20). The summed E-state index contributed by atoms with van der Waals surface area (Å²) in [6.45, 7) is 3.34. The Bertz CT molecular complexity index is 949. The molecule has 118 valence electrons. The highest BCUT2D eigenvalue weighted by molar-refractivity contribution is 7.91. The summed E-state index contributed by atoms with van der Waals surface area (Å²) in [5, 5.41) is 5.06. The van der Waals surface area contributed by atoms with E-state index < -0.39 is 19.9 Å². The van der Waals surface area contributed by atoms with Crippen molar-refractivity contribution >= 4 is 25.5 Å². The summed E-state index contributed by atoms with van der Waals surface area (Å²) in [6.07, 6.45) is 0. The van der Waals surface area contributed by atoms with Gasteiger partial charge in [0.25, 0.3) is 0 Å². The third-order valence-corrected chi connectivity index (χ3v) is 6.14. The molecule has 0 amide bonds. The van der Waals surface area contributed by atoms with Gasteiger partial charge in [-0.3, -0.25) is 0 Å². The van der Waals surface area contributed by atoms with Gasteiger partial charge in [0, 0.05) is 5.69 Å². The normalized spacial score (nSPS) is 12.3. The maximum absolute atomic E-state index is 12.7. The van der Waals surface area contributed by atoms with Crippen molar-refractivity contribution in [2.75, 3.05) is 5.73 Å². The van der Waals surface area contributed by atoms with Gasteiger partial charge in [0.2, 0.25) is 19.9 Å². The molecule has 0 radical (unpaired) electrons. The van der Waals surface area contributed by atoms with Gasteiger partial charge in [0.05, 0.1) is 14.7 Å². The third kappa shape index (κ3) is 2.99. The Morgan fingerprint density at radius 2 is 1.36 bits per heavy atom. The zero-order valence-corrected chi connectivity index (χ0v) is 13.7. The number of hydrogen-bond donors (Lipinski definition) is 2. The van der Waals surface area contributed by atoms with E-state index >= 15 is 0 Å². The predicted octanol–water partition coefficient (Wildman–Crippen LogP) is 1.37. The summed E-state index contributed by atoms with van der Waals surface area (Å²) >= 11 is 0. The number of rotatable bonds is 3. The highest BCUT2D eigenvalue weighted by Crippen LogP contribution is 2.28. The molecule has 0 fully saturated rings. The van der Waals surface area contributed by atoms with Gasteiger partial charge in [-0.1, -0.05) is 12.1 Å². The van der Waals surface area contributed by atoms with E-state index in [1.54, 1.807) is 19.9 Å². The van der Waals surface area contributed by atoms with Crippen molar-refractivity contribution in [2.45, 2.75) is 28.5 Å². The summed E-state index contributed by atoms with van der Waals surface area (Å²) in [7, 11) is -7.88. The molecule has 0 atom stereocenters. The van der Waals surface area contributed by atoms with Crippen molar-refractivity contribution in [1.82, 2.24) is 0 Å². The molecular weight excluding hydrogens is 324 g/mol. The molecule has 0 aromatic heterocycles. The molecule has 0 saturated heterocycles. The van der Waals surface area contributed by atoms with Crippen molar-refractivity contribution in [2.24, 2.45) is 5.14 Å². The van der Waals surface area contributed by atoms with Crippen molar-refractivity contribution in [3.63, 3.8) is 0 Å². The molecule has 0 aliphatic rings. The van der Waals surface area contributed by atoms with E-state index in [0.717, 1.165) is 11.6 Å². The molecule has 2 aromatic rings. The first-order valence-electron chi connectivity index (χ1n) is 6.28. The molecule has 8 heteroatoms. The second-order valence-electron chi connectivity index (χ2n) is 4.99. The van der Waals surface area contributed by atoms with Gasteiger partial charge in [-0.05, 0) is 49.2 Å². The number of benzene rings is 2. The molecule has 2 rings (SSSR count). The van der Waals surface area contributed by atoms with Crippen LogP contribution in [0.25, 0.3) is 0 Å². The minimum atomic E-state index is -3.99. The van der Waals surface area contributed by atoms with Crippen LogP contribution in [0.5, 0.6) is 0 Å². The second-order valence-corrected chi connectivity index (χ2v) is 8.47. The van der Waals surface area contributed by atoms with Crippen LogP contribution in [0.15, 0.2) is 51.1 Å². The lowest BCUT2D eigenvalue weighted by Crippen LogP contribution is -2.14. The summed E-state index contributed by atoms with van der Waals surface area (Å²) < 4.78 is 48.3. The van der Waals surface area contributed by atoms with Crippen molar-refractivity contribution < 1.29 is 16.8 Å². The first kappa shape index (κ1) is 16.5. The lowest BCUT2D eigenvalue weighted by molar-refractivity contribution is 0.594. The number of anilines is 1. The zero-order valence-electron chi connectivity index (χ0n) is 12.1. The molecule has 0 aliphatic carbocycles. The van der Waals surface area contributed by atoms with Crippen LogP contribution < -0.4 is 10.9 Å². The molecule has 0 unspecified atom stereocenters. The van der Waals surface area contributed by atoms with E-state index in [-0.39, 0.29) is 14.7 Å². The number of primary sulfonamides is 1. The molecule has 4 N–H and O–H groups in total. The Balaban J connectivity index is 2.70. The summed E-state index contributed by atoms with van der Waals surface area (Å²) in [6, 6.07) is 8.13. The largest absolute Gasteiger partial charge is 0.398 e. The van der Waals surface area contributed by atoms with E-state index in [0.29, 0.717) is 11.3 Å². The molecule has 0 aliphatic heterocycles. The Morgan fingerprint density at radius 1 is 0.818 bits per heavy atom. The van der Waals surface area contributed by atoms with Crippen molar-refractivity contribution in [1.29, 1.82) is 0 Å². The van der Waals surface area contributed by atoms with Crippen molar-refractivity contribution in [3.8, 4) is 0 Å². The number of nitrogen functional groups attached to an aromatic ring is 1. The highest BCUT2D eigenvalue weighted by atomic mass is 32.2. The zero-order chi connectivity index (χ0) is 16.7. The first-order valence-corrected chi connectivity index (χ1v) is 9.31. The second kappa shape index (κ2) is 5.38. The number of nitrogens with two attached hydrogens (primary N) is 2. The fourth-order valence-electron chi connectivity index (χ4n) is 1.96. The molecule has 0 heterocycles. The SMILES string of the molecule is Cc1ccc(S(=O)(=O)c2cc(S(N)(=O)=O)ccc2C)cc1N. The van der Waals surface area contributed by atoms with Crippen LogP contribution in [-0.2, 0) is 19.9 Å². The van der Waals surface area contributed by atoms with Gasteiger partial charge in [-0.25, -0.2) is 22.0 Å². The Hall–Kier alpha value is -1.90. The lowest BCUT2D eigenvalue weighted by atomic mass is 10.2. The quantitative estimate of drug-likeness (QED) is 0.817. The van der Waals surface area contributed by atoms with Crippen LogP contribution in [0.3, 0.4) is 0 Å². The molecule has 0 spiro atoms. The smallest absolute Gasteiger partial charge is 0.238 e. The lowest BCUT2D eigenvalue weighted by Gasteiger charge is -2.11. The van der Waals surface area contributed by atoms with Gasteiger partial charge in [-0.15, -0.1) is 0 Å². The summed E-state index contributed by atoms with van der Waals surface area (Å²) in [5.74, 6) is 0. The van der Waals surface area contributed by atoms with E-state index in [4.69, 9.17) is 10.9 Å². The highest BCUT2D eigenvalue weighted by Gasteiger charge is 2.22. The van der Waals surface area contributed by atoms with Crippen LogP contribution in [0.1, 0.15) is 11.1 Å². The van der Waals surface area contributed by atoms with Gasteiger partial charge >= 0.3 is 0 Å². The van der Waals surface area contributed by atoms with Crippen LogP contribution in [0.2, 0.25) is 0 Å². The van der Waals surface area contributed by atoms with Crippen LogP contribution >= 0.6 is 0 Å². The fourth-order valence-corrected chi connectivity index (χ4v) is 4.13. The minimum absolute atomic E-state index is 0.00488. The maximum atomic E-state index is 12.7. The first-order chi connectivity index (χ1) is 10.0. The number of aryl methyl sites for hydroxylation is 2. The minimum Gasteiger partial charge on any atom is -0.398 e. The molecule has 0 bridgehead atoms. The average molecular weight is 340 g/mol. The van der Waals surface area contributed by atoms with Gasteiger partial charge in [0.1, 0.15) is 0 Å². The number of hydrogen-bond acceptors (Lipinski definition) is 5. The van der Waals surface area contributed by atoms with Gasteiger partial charge in [0.15, 0.2) is 0 Å². The Labute approximate surface area is 129 Å². The third-order valence-electron chi connectivity index (χ3n) is 3.34. The van der Waals surface area contributed by atoms with E-state index in [1.165, 1.54) is 24.3 Å². The molecule has 0 saturated carbocycles. The summed E-state index contributed by atoms with van der Waals surface area (Å²) in [5.41, 5.74) is 7.28. The Kier molecular flexibility index (Phi) is 4.03. The molecule has 22 heavy (non-hydrogen) atoms. The summed E-state index contributed by atoms with van der Waals surface area (Å²) in [4.78, 5) is -0.357. The van der Waals surface area contributed by atoms with Gasteiger partial charge < -0.3 is 5.73 Å². The van der Waals surface area contributed by atoms with Crippen LogP contribution in [0, 0.1) is 13.8 Å². The Morgan fingerprint density at radius 3 is 1.91 bits per heavy atom. The maximum Gasteiger partial charge on any atom is 0.238 e. The van der Waals surface area contributed by atoms with E-state index in [2.05, 4.69) is 0 Å². The molecule has 6 nitrogen and oxygen atoms in total. The monoisotopic (exact) mass is 340 g/mol.